The smallest absolute Gasteiger partial charge is 0.00976 e. The van der Waals surface area contributed by atoms with Gasteiger partial charge in [-0.3, -0.25) is 0 Å². The van der Waals surface area contributed by atoms with E-state index in [1.165, 1.54) is 84.3 Å². The maximum Gasteiger partial charge on any atom is 0.00976 e. The van der Waals surface area contributed by atoms with Crippen LogP contribution in [0.1, 0.15) is 59.3 Å². The highest BCUT2D eigenvalue weighted by molar-refractivity contribution is 8.74. The number of piperidine rings is 2. The van der Waals surface area contributed by atoms with Gasteiger partial charge in [-0.1, -0.05) is 33.6 Å². The highest BCUT2D eigenvalue weighted by Gasteiger charge is 2.15. The largest absolute Gasteiger partial charge is 0.304 e. The normalized spacial score (nSPS) is 21.1. The molecular formula is C16H35N3S2. The molecule has 0 N–H and O–H groups in total. The van der Waals surface area contributed by atoms with E-state index in [-0.39, 0.29) is 0 Å². The zero-order valence-corrected chi connectivity index (χ0v) is 16.0. The van der Waals surface area contributed by atoms with Gasteiger partial charge < -0.3 is 4.90 Å². The standard InChI is InChI=1S/C10H20N2S2.C6H15N/c1-3-7-11(8-4-1)13-14-12-9-5-2-6-10-12;1-4-7(5-2)6-3/h1-10H2;4-6H2,1-3H3. The zero-order chi connectivity index (χ0) is 15.3. The van der Waals surface area contributed by atoms with Gasteiger partial charge in [0.05, 0.1) is 0 Å². The lowest BCUT2D eigenvalue weighted by atomic mass is 10.2. The highest BCUT2D eigenvalue weighted by atomic mass is 33.1. The average Bonchev–Trinajstić information content (AvgIpc) is 2.57. The van der Waals surface area contributed by atoms with Crippen LogP contribution in [0.2, 0.25) is 0 Å². The number of rotatable bonds is 6. The molecule has 0 amide bonds. The Morgan fingerprint density at radius 3 is 1.19 bits per heavy atom. The van der Waals surface area contributed by atoms with Crippen molar-refractivity contribution in [3.05, 3.63) is 0 Å². The maximum absolute atomic E-state index is 2.53. The second-order valence-electron chi connectivity index (χ2n) is 5.75. The van der Waals surface area contributed by atoms with Crippen LogP contribution in [0, 0.1) is 0 Å². The molecule has 0 bridgehead atoms. The molecule has 0 unspecified atom stereocenters. The van der Waals surface area contributed by atoms with E-state index in [9.17, 15) is 0 Å². The molecule has 0 aromatic heterocycles. The highest BCUT2D eigenvalue weighted by Crippen LogP contribution is 2.33. The number of hydrogen-bond acceptors (Lipinski definition) is 5. The summed E-state index contributed by atoms with van der Waals surface area (Å²) in [6.07, 6.45) is 8.46. The molecular weight excluding hydrogens is 298 g/mol. The monoisotopic (exact) mass is 333 g/mol. The van der Waals surface area contributed by atoms with E-state index in [0.29, 0.717) is 0 Å². The first-order valence-corrected chi connectivity index (χ1v) is 10.9. The molecule has 2 fully saturated rings. The Morgan fingerprint density at radius 2 is 0.952 bits per heavy atom. The van der Waals surface area contributed by atoms with Crippen LogP contribution < -0.4 is 0 Å². The molecule has 2 heterocycles. The van der Waals surface area contributed by atoms with E-state index in [4.69, 9.17) is 0 Å². The van der Waals surface area contributed by atoms with E-state index in [0.717, 1.165) is 0 Å². The second kappa shape index (κ2) is 13.1. The molecule has 5 heteroatoms. The molecule has 126 valence electrons. The Kier molecular flexibility index (Phi) is 12.2. The molecule has 0 aliphatic carbocycles. The van der Waals surface area contributed by atoms with Gasteiger partial charge in [-0.2, -0.15) is 0 Å². The van der Waals surface area contributed by atoms with Gasteiger partial charge in [-0.05, 0) is 45.3 Å². The fraction of sp³-hybridized carbons (Fsp3) is 1.00. The Hall–Kier alpha value is 0.580. The van der Waals surface area contributed by atoms with Crippen LogP contribution in [-0.4, -0.2) is 59.3 Å². The number of nitrogens with zero attached hydrogens (tertiary/aromatic N) is 3. The van der Waals surface area contributed by atoms with Crippen LogP contribution in [0.4, 0.5) is 0 Å². The SMILES string of the molecule is C1CCN(SSN2CCCCC2)CC1.CCN(CC)CC. The second-order valence-corrected chi connectivity index (χ2v) is 7.97. The van der Waals surface area contributed by atoms with Gasteiger partial charge in [0, 0.05) is 48.1 Å². The molecule has 0 aromatic rings. The van der Waals surface area contributed by atoms with Crippen molar-refractivity contribution in [2.75, 3.05) is 45.8 Å². The molecule has 2 saturated heterocycles. The van der Waals surface area contributed by atoms with E-state index in [2.05, 4.69) is 34.3 Å². The van der Waals surface area contributed by atoms with Crippen molar-refractivity contribution in [1.29, 1.82) is 0 Å². The lowest BCUT2D eigenvalue weighted by molar-refractivity contribution is 0.321. The third-order valence-corrected chi connectivity index (χ3v) is 6.90. The fourth-order valence-corrected chi connectivity index (χ4v) is 5.11. The molecule has 0 spiro atoms. The first kappa shape index (κ1) is 19.6. The molecule has 0 aromatic carbocycles. The molecule has 2 aliphatic rings. The van der Waals surface area contributed by atoms with Gasteiger partial charge in [0.15, 0.2) is 0 Å². The molecule has 2 aliphatic heterocycles. The van der Waals surface area contributed by atoms with Crippen LogP contribution in [0.15, 0.2) is 0 Å². The van der Waals surface area contributed by atoms with Gasteiger partial charge in [0.25, 0.3) is 0 Å². The zero-order valence-electron chi connectivity index (χ0n) is 14.4. The van der Waals surface area contributed by atoms with Crippen molar-refractivity contribution >= 4 is 22.0 Å². The third-order valence-electron chi connectivity index (χ3n) is 4.22. The van der Waals surface area contributed by atoms with Gasteiger partial charge in [0.2, 0.25) is 0 Å². The van der Waals surface area contributed by atoms with Crippen LogP contribution in [0.3, 0.4) is 0 Å². The summed E-state index contributed by atoms with van der Waals surface area (Å²) in [7, 11) is 3.96. The van der Waals surface area contributed by atoms with Crippen molar-refractivity contribution in [2.45, 2.75) is 59.3 Å². The van der Waals surface area contributed by atoms with Gasteiger partial charge >= 0.3 is 0 Å². The first-order valence-electron chi connectivity index (χ1n) is 8.87. The summed E-state index contributed by atoms with van der Waals surface area (Å²) in [6, 6.07) is 0. The minimum atomic E-state index is 1.19. The van der Waals surface area contributed by atoms with Gasteiger partial charge in [0.1, 0.15) is 0 Å². The summed E-state index contributed by atoms with van der Waals surface area (Å²) < 4.78 is 5.06. The molecule has 0 saturated carbocycles. The number of hydrogen-bond donors (Lipinski definition) is 0. The third kappa shape index (κ3) is 9.34. The van der Waals surface area contributed by atoms with Crippen molar-refractivity contribution in [1.82, 2.24) is 13.5 Å². The average molecular weight is 334 g/mol. The molecule has 3 nitrogen and oxygen atoms in total. The van der Waals surface area contributed by atoms with Crippen LogP contribution in [0.25, 0.3) is 0 Å². The summed E-state index contributed by atoms with van der Waals surface area (Å²) in [5.41, 5.74) is 0. The lowest BCUT2D eigenvalue weighted by Crippen LogP contribution is -2.26. The Labute approximate surface area is 140 Å². The van der Waals surface area contributed by atoms with E-state index in [1.807, 2.05) is 22.0 Å². The maximum atomic E-state index is 2.53. The molecule has 0 atom stereocenters. The summed E-state index contributed by atoms with van der Waals surface area (Å²) in [5.74, 6) is 0. The van der Waals surface area contributed by atoms with E-state index in [1.54, 1.807) is 0 Å². The van der Waals surface area contributed by atoms with Crippen LogP contribution in [-0.2, 0) is 0 Å². The first-order chi connectivity index (χ1) is 10.3. The van der Waals surface area contributed by atoms with Crippen LogP contribution >= 0.6 is 22.0 Å². The van der Waals surface area contributed by atoms with Crippen molar-refractivity contribution in [3.8, 4) is 0 Å². The topological polar surface area (TPSA) is 9.72 Å². The Balaban J connectivity index is 0.000000270. The van der Waals surface area contributed by atoms with Crippen LogP contribution in [0.5, 0.6) is 0 Å². The van der Waals surface area contributed by atoms with Crippen molar-refractivity contribution in [3.63, 3.8) is 0 Å². The molecule has 21 heavy (non-hydrogen) atoms. The quantitative estimate of drug-likeness (QED) is 0.521. The predicted molar refractivity (Wildman–Crippen MR) is 99.5 cm³/mol. The molecule has 0 radical (unpaired) electrons. The summed E-state index contributed by atoms with van der Waals surface area (Å²) >= 11 is 0. The van der Waals surface area contributed by atoms with Crippen molar-refractivity contribution < 1.29 is 0 Å². The Morgan fingerprint density at radius 1 is 0.619 bits per heavy atom. The molecule has 2 rings (SSSR count). The van der Waals surface area contributed by atoms with Crippen molar-refractivity contribution in [2.24, 2.45) is 0 Å². The fourth-order valence-electron chi connectivity index (χ4n) is 2.64. The van der Waals surface area contributed by atoms with Gasteiger partial charge in [-0.15, -0.1) is 0 Å². The summed E-state index contributed by atoms with van der Waals surface area (Å²) in [5, 5.41) is 0. The Bertz CT molecular complexity index is 202. The van der Waals surface area contributed by atoms with Gasteiger partial charge in [-0.25, -0.2) is 8.61 Å². The summed E-state index contributed by atoms with van der Waals surface area (Å²) in [4.78, 5) is 2.38. The minimum absolute atomic E-state index is 1.19. The predicted octanol–water partition coefficient (Wildman–Crippen LogP) is 4.52. The minimum Gasteiger partial charge on any atom is -0.304 e. The van der Waals surface area contributed by atoms with E-state index < -0.39 is 0 Å². The van der Waals surface area contributed by atoms with E-state index >= 15 is 0 Å². The summed E-state index contributed by atoms with van der Waals surface area (Å²) in [6.45, 7) is 15.3. The lowest BCUT2D eigenvalue weighted by Gasteiger charge is -2.29.